The van der Waals surface area contributed by atoms with Gasteiger partial charge >= 0.3 is 0 Å². The predicted molar refractivity (Wildman–Crippen MR) is 211 cm³/mol. The Morgan fingerprint density at radius 3 is 2.17 bits per heavy atom. The monoisotopic (exact) mass is 865 g/mol. The van der Waals surface area contributed by atoms with Crippen molar-refractivity contribution < 1.29 is 25.8 Å². The summed E-state index contributed by atoms with van der Waals surface area (Å²) in [6, 6.07) is 55.4. The molecule has 9 aromatic rings. The van der Waals surface area contributed by atoms with E-state index in [2.05, 4.69) is 154 Å². The van der Waals surface area contributed by atoms with Crippen LogP contribution in [0.2, 0.25) is 0 Å². The zero-order chi connectivity index (χ0) is 34.8. The summed E-state index contributed by atoms with van der Waals surface area (Å²) in [5.41, 5.74) is 9.65. The Bertz CT molecular complexity index is 2840. The van der Waals surface area contributed by atoms with Gasteiger partial charge in [-0.1, -0.05) is 96.5 Å². The number of anilines is 1. The Morgan fingerprint density at radius 2 is 1.34 bits per heavy atom. The number of ether oxygens (including phenoxy) is 1. The fourth-order valence-electron chi connectivity index (χ4n) is 7.50. The first-order valence-electron chi connectivity index (χ1n) is 17.3. The average molecular weight is 866 g/mol. The molecule has 4 heterocycles. The third-order valence-corrected chi connectivity index (χ3v) is 9.96. The molecule has 260 valence electrons. The van der Waals surface area contributed by atoms with Crippen molar-refractivity contribution in [3.8, 4) is 28.4 Å². The van der Waals surface area contributed by atoms with Crippen molar-refractivity contribution in [1.82, 2.24) is 19.0 Å². The van der Waals surface area contributed by atoms with Crippen LogP contribution in [0.1, 0.15) is 5.56 Å². The van der Waals surface area contributed by atoms with Crippen LogP contribution in [-0.4, -0.2) is 26.1 Å². The SMILES string of the molecule is CN1C=C(c2ccccc2)N(c2[c-]c(Oc3[c-]c4c(cc3)c3cc(-c5ccccc5)ccc3n4-c3cc4c(cn3)c3ccccc3n4C)ccc2)[CH-]1.[Pt]. The average Bonchev–Trinajstić information content (AvgIpc) is 3.84. The Morgan fingerprint density at radius 1 is 0.585 bits per heavy atom. The molecule has 0 saturated heterocycles. The molecule has 1 aliphatic heterocycles. The predicted octanol–water partition coefficient (Wildman–Crippen LogP) is 10.8. The minimum Gasteiger partial charge on any atom is -0.510 e. The van der Waals surface area contributed by atoms with Crippen molar-refractivity contribution >= 4 is 55.0 Å². The number of benzene rings is 6. The number of fused-ring (bicyclic) bond motifs is 6. The largest absolute Gasteiger partial charge is 0.510 e. The molecule has 53 heavy (non-hydrogen) atoms. The molecule has 0 bridgehead atoms. The molecule has 0 atom stereocenters. The summed E-state index contributed by atoms with van der Waals surface area (Å²) in [6.07, 6.45) is 4.11. The van der Waals surface area contributed by atoms with E-state index in [4.69, 9.17) is 9.72 Å². The minimum absolute atomic E-state index is 0. The molecule has 6 aromatic carbocycles. The van der Waals surface area contributed by atoms with E-state index < -0.39 is 0 Å². The van der Waals surface area contributed by atoms with Gasteiger partial charge in [0.2, 0.25) is 0 Å². The maximum Gasteiger partial charge on any atom is 0.137 e. The van der Waals surface area contributed by atoms with Crippen LogP contribution in [-0.2, 0) is 28.1 Å². The molecule has 0 aliphatic carbocycles. The van der Waals surface area contributed by atoms with Gasteiger partial charge in [0, 0.05) is 79.4 Å². The molecule has 10 rings (SSSR count). The summed E-state index contributed by atoms with van der Waals surface area (Å²) in [5, 5.41) is 4.52. The molecule has 0 unspecified atom stereocenters. The van der Waals surface area contributed by atoms with Gasteiger partial charge < -0.3 is 23.7 Å². The van der Waals surface area contributed by atoms with E-state index in [1.807, 2.05) is 49.6 Å². The van der Waals surface area contributed by atoms with Crippen LogP contribution in [0.5, 0.6) is 11.5 Å². The maximum atomic E-state index is 6.54. The molecule has 1 aliphatic rings. The van der Waals surface area contributed by atoms with E-state index in [0.717, 1.165) is 61.0 Å². The zero-order valence-corrected chi connectivity index (χ0v) is 31.2. The van der Waals surface area contributed by atoms with Crippen LogP contribution in [0.25, 0.3) is 66.3 Å². The fourth-order valence-corrected chi connectivity index (χ4v) is 7.50. The molecule has 0 saturated carbocycles. The van der Waals surface area contributed by atoms with Crippen molar-refractivity contribution in [2.75, 3.05) is 11.9 Å². The molecular formula is C46H32N5OPt-3. The van der Waals surface area contributed by atoms with Crippen molar-refractivity contribution in [3.63, 3.8) is 0 Å². The van der Waals surface area contributed by atoms with Gasteiger partial charge in [-0.15, -0.1) is 41.4 Å². The second-order valence-electron chi connectivity index (χ2n) is 13.2. The smallest absolute Gasteiger partial charge is 0.137 e. The summed E-state index contributed by atoms with van der Waals surface area (Å²) in [4.78, 5) is 9.25. The van der Waals surface area contributed by atoms with E-state index in [1.165, 1.54) is 16.5 Å². The third kappa shape index (κ3) is 5.58. The zero-order valence-electron chi connectivity index (χ0n) is 29.0. The molecule has 0 N–H and O–H groups in total. The number of rotatable bonds is 6. The number of pyridine rings is 1. The maximum absolute atomic E-state index is 6.54. The quantitative estimate of drug-likeness (QED) is 0.156. The number of para-hydroxylation sites is 1. The van der Waals surface area contributed by atoms with E-state index >= 15 is 0 Å². The molecule has 0 fully saturated rings. The molecule has 0 spiro atoms. The Balaban J connectivity index is 0.00000372. The topological polar surface area (TPSA) is 38.5 Å². The number of hydrogen-bond donors (Lipinski definition) is 0. The standard InChI is InChI=1S/C46H32N5O.Pt/c1-48-29-45(32-14-7-4-8-15-32)50(30-48)34-16-11-17-35(25-34)52-36-21-22-38-39-24-33(31-12-5-3-6-13-31)20-23-42(39)51(44(38)26-36)46-27-43-40(28-47-46)37-18-9-10-19-41(37)49(43)2;/h3-24,27-30H,1-2H3;/q-3;. The minimum atomic E-state index is 0. The first-order valence-corrected chi connectivity index (χ1v) is 17.3. The van der Waals surface area contributed by atoms with Crippen LogP contribution >= 0.6 is 0 Å². The molecule has 6 nitrogen and oxygen atoms in total. The van der Waals surface area contributed by atoms with Crippen molar-refractivity contribution in [3.05, 3.63) is 176 Å². The summed E-state index contributed by atoms with van der Waals surface area (Å²) >= 11 is 0. The van der Waals surface area contributed by atoms with Gasteiger partial charge in [0.05, 0.1) is 5.52 Å². The van der Waals surface area contributed by atoms with Gasteiger partial charge in [0.25, 0.3) is 0 Å². The Kier molecular flexibility index (Phi) is 8.13. The first kappa shape index (κ1) is 32.8. The second-order valence-corrected chi connectivity index (χ2v) is 13.2. The summed E-state index contributed by atoms with van der Waals surface area (Å²) in [7, 11) is 4.15. The fraction of sp³-hybridized carbons (Fsp3) is 0.0435. The number of nitrogens with zero attached hydrogens (tertiary/aromatic N) is 5. The van der Waals surface area contributed by atoms with Gasteiger partial charge in [0.1, 0.15) is 5.82 Å². The molecule has 0 radical (unpaired) electrons. The Hall–Kier alpha value is -6.10. The van der Waals surface area contributed by atoms with Crippen LogP contribution in [0.15, 0.2) is 152 Å². The number of aromatic nitrogens is 3. The summed E-state index contributed by atoms with van der Waals surface area (Å²) in [5.74, 6) is 2.02. The molecule has 3 aromatic heterocycles. The van der Waals surface area contributed by atoms with Gasteiger partial charge in [-0.2, -0.15) is 18.8 Å². The van der Waals surface area contributed by atoms with E-state index in [1.54, 1.807) is 0 Å². The van der Waals surface area contributed by atoms with Crippen LogP contribution in [0.3, 0.4) is 0 Å². The Labute approximate surface area is 322 Å². The second kappa shape index (κ2) is 13.1. The van der Waals surface area contributed by atoms with Crippen molar-refractivity contribution in [2.45, 2.75) is 0 Å². The van der Waals surface area contributed by atoms with Crippen LogP contribution < -0.4 is 9.64 Å². The third-order valence-electron chi connectivity index (χ3n) is 9.96. The van der Waals surface area contributed by atoms with E-state index in [9.17, 15) is 0 Å². The van der Waals surface area contributed by atoms with Crippen LogP contribution in [0.4, 0.5) is 5.69 Å². The molecular weight excluding hydrogens is 834 g/mol. The van der Waals surface area contributed by atoms with E-state index in [0.29, 0.717) is 11.5 Å². The van der Waals surface area contributed by atoms with Crippen molar-refractivity contribution in [1.29, 1.82) is 0 Å². The normalized spacial score (nSPS) is 12.9. The van der Waals surface area contributed by atoms with Gasteiger partial charge in [-0.25, -0.2) is 4.98 Å². The van der Waals surface area contributed by atoms with Crippen LogP contribution in [0, 0.1) is 18.8 Å². The van der Waals surface area contributed by atoms with Crippen molar-refractivity contribution in [2.24, 2.45) is 7.05 Å². The van der Waals surface area contributed by atoms with Gasteiger partial charge in [0.15, 0.2) is 0 Å². The summed E-state index contributed by atoms with van der Waals surface area (Å²) in [6.45, 7) is 2.05. The molecule has 7 heteroatoms. The molecule has 0 amide bonds. The van der Waals surface area contributed by atoms with Gasteiger partial charge in [-0.3, -0.25) is 0 Å². The first-order chi connectivity index (χ1) is 25.6. The summed E-state index contributed by atoms with van der Waals surface area (Å²) < 4.78 is 11.0. The number of aryl methyl sites for hydroxylation is 1. The van der Waals surface area contributed by atoms with Gasteiger partial charge in [-0.05, 0) is 47.5 Å². The van der Waals surface area contributed by atoms with E-state index in [-0.39, 0.29) is 21.1 Å². The number of hydrogen-bond acceptors (Lipinski definition) is 4.